The van der Waals surface area contributed by atoms with Crippen molar-refractivity contribution in [3.8, 4) is 0 Å². The van der Waals surface area contributed by atoms with Crippen molar-refractivity contribution in [1.82, 2.24) is 4.90 Å². The Labute approximate surface area is 123 Å². The average molecular weight is 295 g/mol. The maximum absolute atomic E-state index is 6.20. The van der Waals surface area contributed by atoms with Crippen molar-refractivity contribution < 1.29 is 0 Å². The molecule has 4 heteroatoms. The largest absolute Gasteiger partial charge is 0.324 e. The minimum atomic E-state index is 0.0450. The van der Waals surface area contributed by atoms with Crippen molar-refractivity contribution in [2.75, 3.05) is 13.6 Å². The highest BCUT2D eigenvalue weighted by Gasteiger charge is 2.08. The van der Waals surface area contributed by atoms with E-state index in [-0.39, 0.29) is 6.04 Å². The first-order valence-electron chi connectivity index (χ1n) is 6.36. The number of halogens is 1. The van der Waals surface area contributed by atoms with Crippen molar-refractivity contribution in [2.24, 2.45) is 5.73 Å². The van der Waals surface area contributed by atoms with Crippen molar-refractivity contribution in [3.63, 3.8) is 0 Å². The third kappa shape index (κ3) is 4.62. The van der Waals surface area contributed by atoms with Crippen molar-refractivity contribution >= 4 is 22.9 Å². The van der Waals surface area contributed by atoms with Crippen LogP contribution in [0.2, 0.25) is 5.02 Å². The van der Waals surface area contributed by atoms with Crippen molar-refractivity contribution in [3.05, 3.63) is 57.2 Å². The van der Waals surface area contributed by atoms with Gasteiger partial charge in [-0.2, -0.15) is 11.3 Å². The maximum atomic E-state index is 6.20. The van der Waals surface area contributed by atoms with E-state index in [4.69, 9.17) is 17.3 Å². The van der Waals surface area contributed by atoms with Gasteiger partial charge in [-0.3, -0.25) is 0 Å². The fourth-order valence-corrected chi connectivity index (χ4v) is 2.90. The van der Waals surface area contributed by atoms with E-state index in [1.165, 1.54) is 5.56 Å². The van der Waals surface area contributed by atoms with Crippen LogP contribution < -0.4 is 5.73 Å². The Morgan fingerprint density at radius 3 is 2.89 bits per heavy atom. The number of benzene rings is 1. The number of thiophene rings is 1. The van der Waals surface area contributed by atoms with Gasteiger partial charge < -0.3 is 10.6 Å². The zero-order chi connectivity index (χ0) is 13.7. The summed E-state index contributed by atoms with van der Waals surface area (Å²) >= 11 is 7.72. The van der Waals surface area contributed by atoms with Gasteiger partial charge in [0.2, 0.25) is 0 Å². The van der Waals surface area contributed by atoms with Gasteiger partial charge in [-0.15, -0.1) is 0 Å². The summed E-state index contributed by atoms with van der Waals surface area (Å²) in [6.07, 6.45) is 0.932. The quantitative estimate of drug-likeness (QED) is 0.875. The molecule has 0 aliphatic rings. The molecule has 1 aromatic heterocycles. The zero-order valence-electron chi connectivity index (χ0n) is 11.1. The van der Waals surface area contributed by atoms with Crippen LogP contribution in [0, 0.1) is 0 Å². The van der Waals surface area contributed by atoms with E-state index in [9.17, 15) is 0 Å². The highest BCUT2D eigenvalue weighted by molar-refractivity contribution is 7.07. The van der Waals surface area contributed by atoms with Crippen LogP contribution in [0.15, 0.2) is 41.1 Å². The molecule has 1 heterocycles. The molecule has 0 fully saturated rings. The second-order valence-electron chi connectivity index (χ2n) is 4.82. The van der Waals surface area contributed by atoms with Crippen LogP contribution in [0.3, 0.4) is 0 Å². The minimum Gasteiger partial charge on any atom is -0.324 e. The molecule has 2 rings (SSSR count). The normalized spacial score (nSPS) is 12.8. The van der Waals surface area contributed by atoms with E-state index < -0.39 is 0 Å². The number of hydrogen-bond donors (Lipinski definition) is 1. The lowest BCUT2D eigenvalue weighted by molar-refractivity contribution is 0.312. The van der Waals surface area contributed by atoms with Crippen molar-refractivity contribution in [1.29, 1.82) is 0 Å². The molecule has 0 saturated heterocycles. The molecule has 0 aliphatic carbocycles. The Morgan fingerprint density at radius 1 is 1.37 bits per heavy atom. The van der Waals surface area contributed by atoms with Gasteiger partial charge in [-0.1, -0.05) is 23.7 Å². The van der Waals surface area contributed by atoms with Crippen LogP contribution in [0.25, 0.3) is 0 Å². The molecule has 1 aromatic carbocycles. The van der Waals surface area contributed by atoms with Crippen LogP contribution in [0.4, 0.5) is 0 Å². The van der Waals surface area contributed by atoms with Crippen LogP contribution >= 0.6 is 22.9 Å². The summed E-state index contributed by atoms with van der Waals surface area (Å²) in [5.41, 5.74) is 8.67. The standard InChI is InChI=1S/C15H19ClN2S/c1-18(10-12-6-8-19-11-12)7-5-15(17)13-3-2-4-14(16)9-13/h2-4,6,8-9,11,15H,5,7,10,17H2,1H3. The highest BCUT2D eigenvalue weighted by atomic mass is 35.5. The first-order valence-corrected chi connectivity index (χ1v) is 7.68. The highest BCUT2D eigenvalue weighted by Crippen LogP contribution is 2.19. The third-order valence-corrected chi connectivity index (χ3v) is 4.10. The Morgan fingerprint density at radius 2 is 2.21 bits per heavy atom. The van der Waals surface area contributed by atoms with Crippen LogP contribution in [-0.2, 0) is 6.54 Å². The van der Waals surface area contributed by atoms with Crippen LogP contribution in [0.1, 0.15) is 23.6 Å². The van der Waals surface area contributed by atoms with Crippen LogP contribution in [-0.4, -0.2) is 18.5 Å². The van der Waals surface area contributed by atoms with Gasteiger partial charge in [0.25, 0.3) is 0 Å². The molecule has 0 aliphatic heterocycles. The fourth-order valence-electron chi connectivity index (χ4n) is 2.04. The molecule has 19 heavy (non-hydrogen) atoms. The number of hydrogen-bond acceptors (Lipinski definition) is 3. The Bertz CT molecular complexity index is 499. The molecule has 0 bridgehead atoms. The Balaban J connectivity index is 1.81. The lowest BCUT2D eigenvalue weighted by atomic mass is 10.0. The molecule has 102 valence electrons. The van der Waals surface area contributed by atoms with Crippen LogP contribution in [0.5, 0.6) is 0 Å². The SMILES string of the molecule is CN(CCC(N)c1cccc(Cl)c1)Cc1ccsc1. The molecule has 0 radical (unpaired) electrons. The summed E-state index contributed by atoms with van der Waals surface area (Å²) in [7, 11) is 2.13. The van der Waals surface area contributed by atoms with Gasteiger partial charge in [0.05, 0.1) is 0 Å². The van der Waals surface area contributed by atoms with E-state index in [0.29, 0.717) is 0 Å². The topological polar surface area (TPSA) is 29.3 Å². The monoisotopic (exact) mass is 294 g/mol. The number of nitrogens with two attached hydrogens (primary N) is 1. The van der Waals surface area contributed by atoms with Gasteiger partial charge in [0.1, 0.15) is 0 Å². The molecule has 0 spiro atoms. The molecule has 2 nitrogen and oxygen atoms in total. The summed E-state index contributed by atoms with van der Waals surface area (Å²) in [6, 6.07) is 10.0. The summed E-state index contributed by atoms with van der Waals surface area (Å²) in [5, 5.41) is 5.05. The molecule has 1 atom stereocenters. The molecule has 0 amide bonds. The fraction of sp³-hybridized carbons (Fsp3) is 0.333. The molecule has 2 N–H and O–H groups in total. The molecule has 2 aromatic rings. The summed E-state index contributed by atoms with van der Waals surface area (Å²) in [6.45, 7) is 1.95. The Hall–Kier alpha value is -0.870. The number of nitrogens with zero attached hydrogens (tertiary/aromatic N) is 1. The zero-order valence-corrected chi connectivity index (χ0v) is 12.6. The summed E-state index contributed by atoms with van der Waals surface area (Å²) in [5.74, 6) is 0. The summed E-state index contributed by atoms with van der Waals surface area (Å²) < 4.78 is 0. The second-order valence-corrected chi connectivity index (χ2v) is 6.04. The van der Waals surface area contributed by atoms with Gasteiger partial charge in [0.15, 0.2) is 0 Å². The first kappa shape index (κ1) is 14.5. The predicted molar refractivity (Wildman–Crippen MR) is 83.7 cm³/mol. The lowest BCUT2D eigenvalue weighted by Gasteiger charge is -2.19. The van der Waals surface area contributed by atoms with Gasteiger partial charge in [-0.05, 0) is 60.1 Å². The lowest BCUT2D eigenvalue weighted by Crippen LogP contribution is -2.23. The van der Waals surface area contributed by atoms with E-state index >= 15 is 0 Å². The molecular formula is C15H19ClN2S. The van der Waals surface area contributed by atoms with Crippen molar-refractivity contribution in [2.45, 2.75) is 19.0 Å². The maximum Gasteiger partial charge on any atom is 0.0409 e. The summed E-state index contributed by atoms with van der Waals surface area (Å²) in [4.78, 5) is 2.30. The van der Waals surface area contributed by atoms with Gasteiger partial charge in [0, 0.05) is 17.6 Å². The van der Waals surface area contributed by atoms with E-state index in [1.807, 2.05) is 24.3 Å². The average Bonchev–Trinajstić information content (AvgIpc) is 2.88. The third-order valence-electron chi connectivity index (χ3n) is 3.13. The second kappa shape index (κ2) is 7.06. The Kier molecular flexibility index (Phi) is 5.40. The van der Waals surface area contributed by atoms with E-state index in [0.717, 1.165) is 30.1 Å². The number of rotatable bonds is 6. The predicted octanol–water partition coefficient (Wildman–Crippen LogP) is 3.92. The van der Waals surface area contributed by atoms with Gasteiger partial charge in [-0.25, -0.2) is 0 Å². The van der Waals surface area contributed by atoms with E-state index in [1.54, 1.807) is 11.3 Å². The minimum absolute atomic E-state index is 0.0450. The van der Waals surface area contributed by atoms with Gasteiger partial charge >= 0.3 is 0 Å². The first-order chi connectivity index (χ1) is 9.15. The van der Waals surface area contributed by atoms with E-state index in [2.05, 4.69) is 28.8 Å². The molecule has 1 unspecified atom stereocenters. The smallest absolute Gasteiger partial charge is 0.0409 e. The molecule has 0 saturated carbocycles. The molecular weight excluding hydrogens is 276 g/mol.